The second-order valence-corrected chi connectivity index (χ2v) is 8.61. The van der Waals surface area contributed by atoms with Gasteiger partial charge in [0, 0.05) is 51.7 Å². The monoisotopic (exact) mass is 560 g/mol. The summed E-state index contributed by atoms with van der Waals surface area (Å²) in [6.07, 6.45) is 7.94. The largest absolute Gasteiger partial charge is 0.469 e. The van der Waals surface area contributed by atoms with Gasteiger partial charge in [-0.25, -0.2) is 0 Å². The lowest BCUT2D eigenvalue weighted by atomic mass is 9.95. The number of ether oxygens (including phenoxy) is 2. The molecule has 0 aliphatic carbocycles. The molecular formula is C23H37IN4O4. The molecule has 3 aliphatic heterocycles. The lowest BCUT2D eigenvalue weighted by Crippen LogP contribution is -2.50. The van der Waals surface area contributed by atoms with Crippen LogP contribution in [0.15, 0.2) is 27.8 Å². The minimum absolute atomic E-state index is 0. The molecule has 1 aromatic heterocycles. The highest BCUT2D eigenvalue weighted by molar-refractivity contribution is 14.0. The fourth-order valence-corrected chi connectivity index (χ4v) is 4.54. The molecule has 1 unspecified atom stereocenters. The Morgan fingerprint density at radius 3 is 2.56 bits per heavy atom. The highest BCUT2D eigenvalue weighted by Gasteiger charge is 2.30. The molecule has 9 heteroatoms. The van der Waals surface area contributed by atoms with Gasteiger partial charge in [0.1, 0.15) is 5.76 Å². The summed E-state index contributed by atoms with van der Waals surface area (Å²) in [7, 11) is 0. The highest BCUT2D eigenvalue weighted by atomic mass is 127. The second kappa shape index (κ2) is 13.4. The zero-order valence-corrected chi connectivity index (χ0v) is 21.2. The molecule has 0 radical (unpaired) electrons. The van der Waals surface area contributed by atoms with Crippen molar-refractivity contribution in [2.75, 3.05) is 59.1 Å². The van der Waals surface area contributed by atoms with E-state index in [0.717, 1.165) is 83.2 Å². The zero-order chi connectivity index (χ0) is 21.3. The molecule has 1 atom stereocenters. The van der Waals surface area contributed by atoms with Gasteiger partial charge in [0.25, 0.3) is 0 Å². The van der Waals surface area contributed by atoms with Crippen LogP contribution >= 0.6 is 24.0 Å². The van der Waals surface area contributed by atoms with Gasteiger partial charge in [0.2, 0.25) is 5.91 Å². The van der Waals surface area contributed by atoms with E-state index in [1.807, 2.05) is 17.0 Å². The molecule has 0 aromatic carbocycles. The van der Waals surface area contributed by atoms with Gasteiger partial charge in [-0.3, -0.25) is 9.79 Å². The Hall–Kier alpha value is -1.33. The van der Waals surface area contributed by atoms with Gasteiger partial charge in [-0.15, -0.1) is 24.0 Å². The Kier molecular flexibility index (Phi) is 10.6. The Morgan fingerprint density at radius 1 is 1.06 bits per heavy atom. The maximum atomic E-state index is 12.8. The topological polar surface area (TPSA) is 79.5 Å². The molecule has 180 valence electrons. The number of aliphatic imine (C=N–C) groups is 1. The Bertz CT molecular complexity index is 695. The molecule has 4 rings (SSSR count). The van der Waals surface area contributed by atoms with Crippen LogP contribution in [-0.2, 0) is 20.7 Å². The molecule has 4 heterocycles. The highest BCUT2D eigenvalue weighted by Crippen LogP contribution is 2.21. The molecule has 0 saturated carbocycles. The molecule has 8 nitrogen and oxygen atoms in total. The van der Waals surface area contributed by atoms with Crippen LogP contribution in [0.1, 0.15) is 37.9 Å². The number of hydrogen-bond acceptors (Lipinski definition) is 5. The standard InChI is InChI=1S/C23H36N4O4.HI/c28-22(26-12-16-29-17-13-26)19-7-10-27(11-8-19)23(24-9-6-20-5-3-15-30-20)25-18-21-4-1-2-14-31-21;/h3,5,15,19,21H,1-2,4,6-14,16-18H2,(H,24,25);1H. The predicted octanol–water partition coefficient (Wildman–Crippen LogP) is 2.53. The van der Waals surface area contributed by atoms with Crippen LogP contribution in [-0.4, -0.2) is 86.9 Å². The van der Waals surface area contributed by atoms with Gasteiger partial charge in [0.15, 0.2) is 5.96 Å². The van der Waals surface area contributed by atoms with Crippen molar-refractivity contribution in [3.63, 3.8) is 0 Å². The number of nitrogens with zero attached hydrogens (tertiary/aromatic N) is 3. The number of hydrogen-bond donors (Lipinski definition) is 1. The first kappa shape index (κ1) is 25.3. The third-order valence-corrected chi connectivity index (χ3v) is 6.42. The van der Waals surface area contributed by atoms with Crippen molar-refractivity contribution in [1.29, 1.82) is 0 Å². The lowest BCUT2D eigenvalue weighted by molar-refractivity contribution is -0.140. The van der Waals surface area contributed by atoms with Crippen LogP contribution in [0.4, 0.5) is 0 Å². The number of guanidine groups is 1. The maximum Gasteiger partial charge on any atom is 0.225 e. The molecule has 1 N–H and O–H groups in total. The van der Waals surface area contributed by atoms with Crippen LogP contribution in [0.25, 0.3) is 0 Å². The second-order valence-electron chi connectivity index (χ2n) is 8.61. The SMILES string of the molecule is I.O=C(C1CCN(C(=NCC2CCCCO2)NCCc2ccco2)CC1)N1CCOCC1. The van der Waals surface area contributed by atoms with E-state index in [4.69, 9.17) is 18.9 Å². The first-order valence-electron chi connectivity index (χ1n) is 11.8. The smallest absolute Gasteiger partial charge is 0.225 e. The average Bonchev–Trinajstić information content (AvgIpc) is 3.36. The Morgan fingerprint density at radius 2 is 1.88 bits per heavy atom. The maximum absolute atomic E-state index is 12.8. The summed E-state index contributed by atoms with van der Waals surface area (Å²) >= 11 is 0. The Balaban J connectivity index is 0.00000289. The zero-order valence-electron chi connectivity index (χ0n) is 18.9. The molecule has 0 bridgehead atoms. The molecule has 1 amide bonds. The number of nitrogens with one attached hydrogen (secondary N) is 1. The van der Waals surface area contributed by atoms with Crippen LogP contribution in [0, 0.1) is 5.92 Å². The van der Waals surface area contributed by atoms with Crippen molar-refractivity contribution >= 4 is 35.8 Å². The lowest BCUT2D eigenvalue weighted by Gasteiger charge is -2.37. The van der Waals surface area contributed by atoms with Crippen LogP contribution in [0.2, 0.25) is 0 Å². The van der Waals surface area contributed by atoms with Gasteiger partial charge < -0.3 is 29.0 Å². The molecule has 3 fully saturated rings. The van der Waals surface area contributed by atoms with E-state index >= 15 is 0 Å². The van der Waals surface area contributed by atoms with Gasteiger partial charge >= 0.3 is 0 Å². The minimum Gasteiger partial charge on any atom is -0.469 e. The fraction of sp³-hybridized carbons (Fsp3) is 0.739. The summed E-state index contributed by atoms with van der Waals surface area (Å²) in [6.45, 7) is 6.76. The number of piperidine rings is 1. The summed E-state index contributed by atoms with van der Waals surface area (Å²) in [5.74, 6) is 2.30. The van der Waals surface area contributed by atoms with E-state index in [0.29, 0.717) is 25.7 Å². The van der Waals surface area contributed by atoms with E-state index in [2.05, 4.69) is 10.2 Å². The number of carbonyl (C=O) groups excluding carboxylic acids is 1. The van der Waals surface area contributed by atoms with Crippen molar-refractivity contribution in [3.8, 4) is 0 Å². The van der Waals surface area contributed by atoms with Crippen LogP contribution in [0.5, 0.6) is 0 Å². The number of amides is 1. The first-order valence-corrected chi connectivity index (χ1v) is 11.8. The number of carbonyl (C=O) groups is 1. The fourth-order valence-electron chi connectivity index (χ4n) is 4.54. The summed E-state index contributed by atoms with van der Waals surface area (Å²) < 4.78 is 16.7. The summed E-state index contributed by atoms with van der Waals surface area (Å²) in [5.41, 5.74) is 0. The molecular weight excluding hydrogens is 523 g/mol. The molecule has 3 saturated heterocycles. The third-order valence-electron chi connectivity index (χ3n) is 6.42. The van der Waals surface area contributed by atoms with Crippen LogP contribution in [0.3, 0.4) is 0 Å². The number of halogens is 1. The quantitative estimate of drug-likeness (QED) is 0.328. The number of likely N-dealkylation sites (tertiary alicyclic amines) is 1. The van der Waals surface area contributed by atoms with E-state index < -0.39 is 0 Å². The first-order chi connectivity index (χ1) is 15.3. The van der Waals surface area contributed by atoms with Gasteiger partial charge in [-0.2, -0.15) is 0 Å². The Labute approximate surface area is 208 Å². The van der Waals surface area contributed by atoms with E-state index in [9.17, 15) is 4.79 Å². The molecule has 1 aromatic rings. The molecule has 3 aliphatic rings. The van der Waals surface area contributed by atoms with E-state index in [1.165, 1.54) is 6.42 Å². The van der Waals surface area contributed by atoms with Crippen molar-refractivity contribution in [2.24, 2.45) is 10.9 Å². The average molecular weight is 560 g/mol. The van der Waals surface area contributed by atoms with Crippen molar-refractivity contribution < 1.29 is 18.7 Å². The normalized spacial score (nSPS) is 23.0. The summed E-state index contributed by atoms with van der Waals surface area (Å²) in [5, 5.41) is 3.52. The van der Waals surface area contributed by atoms with Gasteiger partial charge in [0.05, 0.1) is 32.1 Å². The van der Waals surface area contributed by atoms with Gasteiger partial charge in [-0.05, 0) is 44.2 Å². The minimum atomic E-state index is 0. The number of morpholine rings is 1. The van der Waals surface area contributed by atoms with Crippen LogP contribution < -0.4 is 5.32 Å². The third kappa shape index (κ3) is 7.34. The summed E-state index contributed by atoms with van der Waals surface area (Å²) in [4.78, 5) is 22.0. The molecule has 32 heavy (non-hydrogen) atoms. The van der Waals surface area contributed by atoms with E-state index in [-0.39, 0.29) is 36.0 Å². The van der Waals surface area contributed by atoms with Gasteiger partial charge in [-0.1, -0.05) is 0 Å². The predicted molar refractivity (Wildman–Crippen MR) is 133 cm³/mol. The summed E-state index contributed by atoms with van der Waals surface area (Å²) in [6, 6.07) is 3.91. The number of rotatable bonds is 6. The number of furan rings is 1. The van der Waals surface area contributed by atoms with Crippen molar-refractivity contribution in [1.82, 2.24) is 15.1 Å². The molecule has 0 spiro atoms. The van der Waals surface area contributed by atoms with E-state index in [1.54, 1.807) is 6.26 Å². The van der Waals surface area contributed by atoms with Crippen molar-refractivity contribution in [3.05, 3.63) is 24.2 Å². The van der Waals surface area contributed by atoms with Crippen molar-refractivity contribution in [2.45, 2.75) is 44.6 Å².